The summed E-state index contributed by atoms with van der Waals surface area (Å²) in [4.78, 5) is 14.9. The average Bonchev–Trinajstić information content (AvgIpc) is 2.63. The van der Waals surface area contributed by atoms with Gasteiger partial charge in [0.1, 0.15) is 6.10 Å². The van der Waals surface area contributed by atoms with Gasteiger partial charge in [-0.05, 0) is 50.3 Å². The van der Waals surface area contributed by atoms with Crippen LogP contribution in [-0.2, 0) is 9.53 Å². The van der Waals surface area contributed by atoms with Crippen molar-refractivity contribution in [2.75, 3.05) is 26.2 Å². The van der Waals surface area contributed by atoms with Crippen LogP contribution in [0.1, 0.15) is 44.8 Å². The minimum atomic E-state index is -0.00185. The summed E-state index contributed by atoms with van der Waals surface area (Å²) in [5.41, 5.74) is 1.16. The molecule has 2 aliphatic heterocycles. The number of hydrogen-bond acceptors (Lipinski definition) is 3. The lowest BCUT2D eigenvalue weighted by molar-refractivity contribution is -0.145. The van der Waals surface area contributed by atoms with E-state index < -0.39 is 0 Å². The smallest absolute Gasteiger partial charge is 0.223 e. The van der Waals surface area contributed by atoms with Crippen molar-refractivity contribution < 1.29 is 9.53 Å². The highest BCUT2D eigenvalue weighted by molar-refractivity contribution is 5.77. The van der Waals surface area contributed by atoms with Gasteiger partial charge in [0.25, 0.3) is 0 Å². The van der Waals surface area contributed by atoms with Crippen LogP contribution in [0.3, 0.4) is 0 Å². The van der Waals surface area contributed by atoms with Crippen LogP contribution in [0.4, 0.5) is 0 Å². The predicted molar refractivity (Wildman–Crippen MR) is 95.7 cm³/mol. The quantitative estimate of drug-likeness (QED) is 0.923. The van der Waals surface area contributed by atoms with Gasteiger partial charge in [0, 0.05) is 6.42 Å². The number of nitrogens with one attached hydrogen (secondary N) is 1. The van der Waals surface area contributed by atoms with E-state index in [1.165, 1.54) is 12.8 Å². The molecule has 3 rings (SSSR count). The first-order valence-corrected chi connectivity index (χ1v) is 9.32. The normalized spacial score (nSPS) is 29.2. The highest BCUT2D eigenvalue weighted by atomic mass is 16.5. The van der Waals surface area contributed by atoms with E-state index in [9.17, 15) is 4.79 Å². The van der Waals surface area contributed by atoms with E-state index in [4.69, 9.17) is 4.74 Å². The summed E-state index contributed by atoms with van der Waals surface area (Å²) < 4.78 is 5.97. The molecule has 2 saturated heterocycles. The first-order chi connectivity index (χ1) is 11.6. The Morgan fingerprint density at radius 2 is 2.17 bits per heavy atom. The second-order valence-corrected chi connectivity index (χ2v) is 7.42. The lowest BCUT2D eigenvalue weighted by Crippen LogP contribution is -2.49. The van der Waals surface area contributed by atoms with Crippen molar-refractivity contribution in [3.63, 3.8) is 0 Å². The Balaban J connectivity index is 1.60. The first kappa shape index (κ1) is 17.4. The van der Waals surface area contributed by atoms with Crippen LogP contribution >= 0.6 is 0 Å². The van der Waals surface area contributed by atoms with Gasteiger partial charge in [0.2, 0.25) is 5.91 Å². The van der Waals surface area contributed by atoms with Gasteiger partial charge in [-0.15, -0.1) is 0 Å². The molecule has 0 aliphatic carbocycles. The zero-order valence-electron chi connectivity index (χ0n) is 14.9. The summed E-state index contributed by atoms with van der Waals surface area (Å²) in [6.45, 7) is 7.78. The van der Waals surface area contributed by atoms with Crippen LogP contribution in [-0.4, -0.2) is 43.1 Å². The van der Waals surface area contributed by atoms with Crippen LogP contribution in [0.25, 0.3) is 0 Å². The molecule has 0 saturated carbocycles. The summed E-state index contributed by atoms with van der Waals surface area (Å²) in [5.74, 6) is 1.35. The third-order valence-electron chi connectivity index (χ3n) is 5.56. The first-order valence-electron chi connectivity index (χ1n) is 9.32. The van der Waals surface area contributed by atoms with Crippen molar-refractivity contribution in [1.82, 2.24) is 10.2 Å². The molecule has 4 nitrogen and oxygen atoms in total. The molecule has 0 aromatic heterocycles. The summed E-state index contributed by atoms with van der Waals surface area (Å²) in [7, 11) is 0. The molecular weight excluding hydrogens is 300 g/mol. The SMILES string of the molecule is CC(CC(=O)N1CC(c2ccccc2)OCC1C)C1CCCNC1. The summed E-state index contributed by atoms with van der Waals surface area (Å²) in [5, 5.41) is 3.46. The largest absolute Gasteiger partial charge is 0.370 e. The molecule has 4 unspecified atom stereocenters. The molecule has 2 fully saturated rings. The number of amides is 1. The Bertz CT molecular complexity index is 528. The topological polar surface area (TPSA) is 41.6 Å². The van der Waals surface area contributed by atoms with E-state index in [0.29, 0.717) is 31.4 Å². The van der Waals surface area contributed by atoms with Gasteiger partial charge in [-0.25, -0.2) is 0 Å². The Hall–Kier alpha value is -1.39. The van der Waals surface area contributed by atoms with E-state index >= 15 is 0 Å². The van der Waals surface area contributed by atoms with E-state index in [1.54, 1.807) is 0 Å². The predicted octanol–water partition coefficient (Wildman–Crippen LogP) is 3.00. The molecule has 0 spiro atoms. The Kier molecular flexibility index (Phi) is 5.90. The lowest BCUT2D eigenvalue weighted by Gasteiger charge is -2.39. The minimum absolute atomic E-state index is 0.00185. The summed E-state index contributed by atoms with van der Waals surface area (Å²) in [6.07, 6.45) is 3.12. The summed E-state index contributed by atoms with van der Waals surface area (Å²) in [6, 6.07) is 10.4. The molecule has 4 heteroatoms. The molecule has 1 aromatic carbocycles. The van der Waals surface area contributed by atoms with Crippen molar-refractivity contribution in [3.8, 4) is 0 Å². The molecule has 0 radical (unpaired) electrons. The molecule has 132 valence electrons. The van der Waals surface area contributed by atoms with Crippen LogP contribution in [0.2, 0.25) is 0 Å². The lowest BCUT2D eigenvalue weighted by atomic mass is 9.85. The zero-order valence-corrected chi connectivity index (χ0v) is 14.9. The van der Waals surface area contributed by atoms with Gasteiger partial charge >= 0.3 is 0 Å². The van der Waals surface area contributed by atoms with Gasteiger partial charge in [-0.1, -0.05) is 37.3 Å². The van der Waals surface area contributed by atoms with Gasteiger partial charge in [-0.2, -0.15) is 0 Å². The minimum Gasteiger partial charge on any atom is -0.370 e. The van der Waals surface area contributed by atoms with Crippen molar-refractivity contribution in [2.24, 2.45) is 11.8 Å². The van der Waals surface area contributed by atoms with E-state index in [0.717, 1.165) is 18.7 Å². The summed E-state index contributed by atoms with van der Waals surface area (Å²) >= 11 is 0. The molecule has 2 heterocycles. The molecule has 1 N–H and O–H groups in total. The third-order valence-corrected chi connectivity index (χ3v) is 5.56. The standard InChI is InChI=1S/C20H30N2O2/c1-15(18-9-6-10-21-12-18)11-20(23)22-13-19(24-14-16(22)2)17-7-4-3-5-8-17/h3-5,7-8,15-16,18-19,21H,6,9-14H2,1-2H3. The van der Waals surface area contributed by atoms with E-state index in [1.807, 2.05) is 23.1 Å². The van der Waals surface area contributed by atoms with Gasteiger partial charge in [0.15, 0.2) is 0 Å². The number of carbonyl (C=O) groups excluding carboxylic acids is 1. The zero-order chi connectivity index (χ0) is 16.9. The number of ether oxygens (including phenoxy) is 1. The third kappa shape index (κ3) is 4.17. The number of carbonyl (C=O) groups is 1. The molecule has 1 amide bonds. The highest BCUT2D eigenvalue weighted by Gasteiger charge is 2.32. The maximum absolute atomic E-state index is 12.9. The number of hydrogen-bond donors (Lipinski definition) is 1. The van der Waals surface area contributed by atoms with Crippen LogP contribution in [0.15, 0.2) is 30.3 Å². The number of morpholine rings is 1. The molecule has 24 heavy (non-hydrogen) atoms. The second-order valence-electron chi connectivity index (χ2n) is 7.42. The Morgan fingerprint density at radius 1 is 1.38 bits per heavy atom. The monoisotopic (exact) mass is 330 g/mol. The maximum atomic E-state index is 12.9. The Morgan fingerprint density at radius 3 is 2.88 bits per heavy atom. The number of piperidine rings is 1. The molecule has 0 bridgehead atoms. The van der Waals surface area contributed by atoms with Gasteiger partial charge in [0.05, 0.1) is 19.2 Å². The maximum Gasteiger partial charge on any atom is 0.223 e. The molecular formula is C20H30N2O2. The van der Waals surface area contributed by atoms with Crippen molar-refractivity contribution in [3.05, 3.63) is 35.9 Å². The number of rotatable bonds is 4. The number of benzene rings is 1. The fourth-order valence-corrected chi connectivity index (χ4v) is 3.90. The second kappa shape index (κ2) is 8.13. The number of nitrogens with zero attached hydrogens (tertiary/aromatic N) is 1. The van der Waals surface area contributed by atoms with E-state index in [2.05, 4.69) is 31.3 Å². The molecule has 2 aliphatic rings. The van der Waals surface area contributed by atoms with Crippen molar-refractivity contribution in [2.45, 2.75) is 45.3 Å². The molecule has 4 atom stereocenters. The highest BCUT2D eigenvalue weighted by Crippen LogP contribution is 2.28. The average molecular weight is 330 g/mol. The van der Waals surface area contributed by atoms with Gasteiger partial charge < -0.3 is 15.0 Å². The fraction of sp³-hybridized carbons (Fsp3) is 0.650. The van der Waals surface area contributed by atoms with Crippen molar-refractivity contribution >= 4 is 5.91 Å². The van der Waals surface area contributed by atoms with Crippen LogP contribution < -0.4 is 5.32 Å². The Labute approximate surface area is 145 Å². The van der Waals surface area contributed by atoms with Crippen LogP contribution in [0, 0.1) is 11.8 Å². The fourth-order valence-electron chi connectivity index (χ4n) is 3.90. The molecule has 1 aromatic rings. The van der Waals surface area contributed by atoms with E-state index in [-0.39, 0.29) is 18.1 Å². The van der Waals surface area contributed by atoms with Crippen molar-refractivity contribution in [1.29, 1.82) is 0 Å². The van der Waals surface area contributed by atoms with Crippen LogP contribution in [0.5, 0.6) is 0 Å². The van der Waals surface area contributed by atoms with Gasteiger partial charge in [-0.3, -0.25) is 4.79 Å².